The zero-order valence-electron chi connectivity index (χ0n) is 15.1. The fourth-order valence-corrected chi connectivity index (χ4v) is 2.82. The van der Waals surface area contributed by atoms with E-state index in [1.807, 2.05) is 6.92 Å². The number of methoxy groups -OCH3 is 1. The number of aromatic amines is 1. The molecule has 3 heterocycles. The van der Waals surface area contributed by atoms with E-state index in [0.717, 1.165) is 11.3 Å². The predicted molar refractivity (Wildman–Crippen MR) is 90.8 cm³/mol. The van der Waals surface area contributed by atoms with E-state index in [2.05, 4.69) is 20.5 Å². The van der Waals surface area contributed by atoms with E-state index in [0.29, 0.717) is 32.1 Å². The van der Waals surface area contributed by atoms with Crippen molar-refractivity contribution in [2.75, 3.05) is 33.4 Å². The van der Waals surface area contributed by atoms with Crippen LogP contribution >= 0.6 is 0 Å². The maximum Gasteiger partial charge on any atom is 0.261 e. The maximum absolute atomic E-state index is 12.8. The number of aryl methyl sites for hydroxylation is 2. The van der Waals surface area contributed by atoms with E-state index in [9.17, 15) is 9.59 Å². The molecule has 1 amide bonds. The van der Waals surface area contributed by atoms with Crippen molar-refractivity contribution < 1.29 is 14.3 Å². The summed E-state index contributed by atoms with van der Waals surface area (Å²) >= 11 is 0. The molecule has 10 nitrogen and oxygen atoms in total. The summed E-state index contributed by atoms with van der Waals surface area (Å²) in [5, 5.41) is 11.6. The Kier molecular flexibility index (Phi) is 5.43. The molecule has 0 bridgehead atoms. The van der Waals surface area contributed by atoms with Gasteiger partial charge in [-0.3, -0.25) is 9.59 Å². The van der Waals surface area contributed by atoms with Crippen LogP contribution in [0.2, 0.25) is 0 Å². The van der Waals surface area contributed by atoms with Gasteiger partial charge in [0.1, 0.15) is 11.7 Å². The van der Waals surface area contributed by atoms with E-state index < -0.39 is 6.10 Å². The first-order chi connectivity index (χ1) is 12.5. The zero-order valence-corrected chi connectivity index (χ0v) is 15.1. The first-order valence-electron chi connectivity index (χ1n) is 8.37. The van der Waals surface area contributed by atoms with Gasteiger partial charge in [-0.15, -0.1) is 5.10 Å². The third kappa shape index (κ3) is 3.65. The lowest BCUT2D eigenvalue weighted by atomic mass is 10.1. The highest BCUT2D eigenvalue weighted by atomic mass is 16.5. The second kappa shape index (κ2) is 7.75. The van der Waals surface area contributed by atoms with Crippen LogP contribution in [0.25, 0.3) is 0 Å². The molecule has 1 aliphatic heterocycles. The Balaban J connectivity index is 1.79. The molecule has 26 heavy (non-hydrogen) atoms. The van der Waals surface area contributed by atoms with E-state index in [4.69, 9.17) is 9.47 Å². The summed E-state index contributed by atoms with van der Waals surface area (Å²) in [7, 11) is 1.60. The molecular formula is C16H22N6O4. The minimum absolute atomic E-state index is 0.132. The molecule has 2 aromatic heterocycles. The number of morpholine rings is 1. The fourth-order valence-electron chi connectivity index (χ4n) is 2.82. The van der Waals surface area contributed by atoms with Crippen molar-refractivity contribution in [3.05, 3.63) is 39.1 Å². The molecule has 140 valence electrons. The third-order valence-electron chi connectivity index (χ3n) is 4.44. The summed E-state index contributed by atoms with van der Waals surface area (Å²) in [6.45, 7) is 5.63. The molecule has 0 saturated carbocycles. The van der Waals surface area contributed by atoms with Gasteiger partial charge in [0.25, 0.3) is 11.5 Å². The largest absolute Gasteiger partial charge is 0.383 e. The van der Waals surface area contributed by atoms with Gasteiger partial charge in [-0.2, -0.15) is 0 Å². The van der Waals surface area contributed by atoms with Crippen molar-refractivity contribution in [1.29, 1.82) is 0 Å². The number of hydrogen-bond acceptors (Lipinski definition) is 7. The molecular weight excluding hydrogens is 340 g/mol. The number of aromatic nitrogens is 5. The van der Waals surface area contributed by atoms with Gasteiger partial charge in [0, 0.05) is 19.3 Å². The average Bonchev–Trinajstić information content (AvgIpc) is 3.11. The normalized spacial score (nSPS) is 17.5. The minimum atomic E-state index is -0.454. The van der Waals surface area contributed by atoms with E-state index in [1.54, 1.807) is 29.7 Å². The van der Waals surface area contributed by atoms with Crippen LogP contribution < -0.4 is 5.56 Å². The van der Waals surface area contributed by atoms with E-state index >= 15 is 0 Å². The third-order valence-corrected chi connectivity index (χ3v) is 4.44. The van der Waals surface area contributed by atoms with Gasteiger partial charge >= 0.3 is 0 Å². The summed E-state index contributed by atoms with van der Waals surface area (Å²) in [6.07, 6.45) is -0.454. The molecule has 1 saturated heterocycles. The average molecular weight is 362 g/mol. The molecule has 1 atom stereocenters. The first-order valence-corrected chi connectivity index (χ1v) is 8.37. The molecule has 1 N–H and O–H groups in total. The fraction of sp³-hybridized carbons (Fsp3) is 0.562. The molecule has 10 heteroatoms. The second-order valence-electron chi connectivity index (χ2n) is 6.18. The second-order valence-corrected chi connectivity index (χ2v) is 6.18. The lowest BCUT2D eigenvalue weighted by Gasteiger charge is -2.32. The smallest absolute Gasteiger partial charge is 0.261 e. The molecule has 0 aliphatic carbocycles. The van der Waals surface area contributed by atoms with Crippen molar-refractivity contribution in [2.24, 2.45) is 0 Å². The number of carbonyl (C=O) groups excluding carboxylic acids is 1. The number of carbonyl (C=O) groups is 1. The highest BCUT2D eigenvalue weighted by Gasteiger charge is 2.30. The molecule has 2 aromatic rings. The zero-order chi connectivity index (χ0) is 18.7. The number of nitrogens with one attached hydrogen (secondary N) is 1. The monoisotopic (exact) mass is 362 g/mol. The van der Waals surface area contributed by atoms with Gasteiger partial charge in [0.05, 0.1) is 26.3 Å². The van der Waals surface area contributed by atoms with Gasteiger partial charge in [0.15, 0.2) is 5.82 Å². The van der Waals surface area contributed by atoms with Crippen LogP contribution in [0.4, 0.5) is 0 Å². The number of rotatable bonds is 5. The minimum Gasteiger partial charge on any atom is -0.383 e. The highest BCUT2D eigenvalue weighted by molar-refractivity contribution is 5.94. The highest BCUT2D eigenvalue weighted by Crippen LogP contribution is 2.21. The molecule has 1 fully saturated rings. The quantitative estimate of drug-likeness (QED) is 0.786. The first kappa shape index (κ1) is 18.2. The van der Waals surface area contributed by atoms with Crippen LogP contribution in [0.15, 0.2) is 10.9 Å². The Hall–Kier alpha value is -2.59. The van der Waals surface area contributed by atoms with Crippen molar-refractivity contribution in [2.45, 2.75) is 26.5 Å². The Morgan fingerprint density at radius 2 is 2.27 bits per heavy atom. The number of ether oxygens (including phenoxy) is 2. The molecule has 1 aliphatic rings. The van der Waals surface area contributed by atoms with Crippen molar-refractivity contribution in [1.82, 2.24) is 30.1 Å². The number of tetrazole rings is 1. The summed E-state index contributed by atoms with van der Waals surface area (Å²) in [5.41, 5.74) is 1.36. The lowest BCUT2D eigenvalue weighted by Crippen LogP contribution is -2.44. The van der Waals surface area contributed by atoms with Crippen molar-refractivity contribution in [3.8, 4) is 0 Å². The van der Waals surface area contributed by atoms with Crippen LogP contribution in [-0.4, -0.2) is 69.4 Å². The summed E-state index contributed by atoms with van der Waals surface area (Å²) in [5.74, 6) is 0.215. The number of pyridine rings is 1. The standard InChI is InChI=1S/C16H22N6O4/c1-10-8-12(15(23)17-11(10)2)16(24)21-4-7-26-13(9-21)14-18-19-20-22(14)5-6-25-3/h8,13H,4-7,9H2,1-3H3,(H,17,23). The van der Waals surface area contributed by atoms with Gasteiger partial charge < -0.3 is 19.4 Å². The van der Waals surface area contributed by atoms with Crippen LogP contribution in [0.5, 0.6) is 0 Å². The SMILES string of the molecule is COCCn1nnnc1C1CN(C(=O)c2cc(C)c(C)[nH]c2=O)CCO1. The van der Waals surface area contributed by atoms with E-state index in [1.165, 1.54) is 0 Å². The van der Waals surface area contributed by atoms with Crippen LogP contribution in [-0.2, 0) is 16.0 Å². The number of hydrogen-bond donors (Lipinski definition) is 1. The van der Waals surface area contributed by atoms with Crippen molar-refractivity contribution in [3.63, 3.8) is 0 Å². The Labute approximate surface area is 150 Å². The van der Waals surface area contributed by atoms with Gasteiger partial charge in [-0.05, 0) is 35.9 Å². The maximum atomic E-state index is 12.8. The topological polar surface area (TPSA) is 115 Å². The summed E-state index contributed by atoms with van der Waals surface area (Å²) < 4.78 is 12.4. The number of H-pyrrole nitrogens is 1. The van der Waals surface area contributed by atoms with Gasteiger partial charge in [-0.25, -0.2) is 4.68 Å². The lowest BCUT2D eigenvalue weighted by molar-refractivity contribution is -0.0292. The van der Waals surface area contributed by atoms with Crippen LogP contribution in [0, 0.1) is 13.8 Å². The predicted octanol–water partition coefficient (Wildman–Crippen LogP) is -0.162. The Bertz CT molecular complexity index is 846. The molecule has 0 radical (unpaired) electrons. The molecule has 0 spiro atoms. The number of amides is 1. The van der Waals surface area contributed by atoms with E-state index in [-0.39, 0.29) is 23.6 Å². The van der Waals surface area contributed by atoms with Crippen LogP contribution in [0.1, 0.15) is 33.5 Å². The molecule has 3 rings (SSSR count). The van der Waals surface area contributed by atoms with Crippen LogP contribution in [0.3, 0.4) is 0 Å². The van der Waals surface area contributed by atoms with Gasteiger partial charge in [-0.1, -0.05) is 0 Å². The van der Waals surface area contributed by atoms with Crippen molar-refractivity contribution >= 4 is 5.91 Å². The summed E-state index contributed by atoms with van der Waals surface area (Å²) in [6, 6.07) is 1.63. The molecule has 1 unspecified atom stereocenters. The van der Waals surface area contributed by atoms with Gasteiger partial charge in [0.2, 0.25) is 0 Å². The number of nitrogens with zero attached hydrogens (tertiary/aromatic N) is 5. The summed E-state index contributed by atoms with van der Waals surface area (Å²) in [4.78, 5) is 29.3. The Morgan fingerprint density at radius 3 is 3.04 bits per heavy atom. The Morgan fingerprint density at radius 1 is 1.46 bits per heavy atom. The molecule has 0 aromatic carbocycles.